The number of para-hydroxylation sites is 1. The van der Waals surface area contributed by atoms with Gasteiger partial charge in [-0.3, -0.25) is 9.78 Å². The minimum absolute atomic E-state index is 0.0487. The van der Waals surface area contributed by atoms with Crippen molar-refractivity contribution in [2.45, 2.75) is 13.8 Å². The molecule has 0 atom stereocenters. The highest BCUT2D eigenvalue weighted by Crippen LogP contribution is 2.25. The van der Waals surface area contributed by atoms with Gasteiger partial charge in [0.05, 0.1) is 23.3 Å². The van der Waals surface area contributed by atoms with Gasteiger partial charge in [-0.25, -0.2) is 4.79 Å². The summed E-state index contributed by atoms with van der Waals surface area (Å²) in [6.45, 7) is 3.81. The number of aromatic nitrogens is 2. The van der Waals surface area contributed by atoms with E-state index in [0.29, 0.717) is 0 Å². The van der Waals surface area contributed by atoms with E-state index in [-0.39, 0.29) is 17.7 Å². The van der Waals surface area contributed by atoms with Crippen LogP contribution < -0.4 is 5.56 Å². The van der Waals surface area contributed by atoms with Gasteiger partial charge in [0.2, 0.25) is 0 Å². The highest BCUT2D eigenvalue weighted by molar-refractivity contribution is 6.07. The fourth-order valence-corrected chi connectivity index (χ4v) is 2.77. The molecule has 0 saturated carbocycles. The summed E-state index contributed by atoms with van der Waals surface area (Å²) in [6, 6.07) is 9.29. The molecule has 0 unspecified atom stereocenters. The van der Waals surface area contributed by atoms with Crippen LogP contribution in [0.1, 0.15) is 23.0 Å². The van der Waals surface area contributed by atoms with E-state index in [2.05, 4.69) is 4.98 Å². The van der Waals surface area contributed by atoms with Crippen LogP contribution in [-0.4, -0.2) is 22.1 Å². The Hall–Kier alpha value is -2.69. The van der Waals surface area contributed by atoms with Gasteiger partial charge in [-0.05, 0) is 26.0 Å². The van der Waals surface area contributed by atoms with Gasteiger partial charge < -0.3 is 9.30 Å². The van der Waals surface area contributed by atoms with Crippen molar-refractivity contribution < 1.29 is 9.53 Å². The molecule has 0 radical (unpaired) electrons. The predicted octanol–water partition coefficient (Wildman–Crippen LogP) is 2.57. The number of hydrogen-bond acceptors (Lipinski definition) is 4. The average Bonchev–Trinajstić information content (AvgIpc) is 2.50. The topological polar surface area (TPSA) is 61.2 Å². The zero-order chi connectivity index (χ0) is 15.9. The molecule has 0 N–H and O–H groups in total. The fraction of sp³-hybridized carbons (Fsp3) is 0.235. The van der Waals surface area contributed by atoms with Gasteiger partial charge in [-0.15, -0.1) is 0 Å². The molecule has 5 nitrogen and oxygen atoms in total. The normalized spacial score (nSPS) is 11.0. The molecule has 0 bridgehead atoms. The molecule has 0 saturated heterocycles. The molecular weight excluding hydrogens is 280 g/mol. The number of hydrogen-bond donors (Lipinski definition) is 0. The molecule has 0 spiro atoms. The lowest BCUT2D eigenvalue weighted by Crippen LogP contribution is -2.26. The van der Waals surface area contributed by atoms with Crippen LogP contribution in [-0.2, 0) is 11.8 Å². The third-order valence-electron chi connectivity index (χ3n) is 3.73. The van der Waals surface area contributed by atoms with E-state index in [9.17, 15) is 9.59 Å². The number of carbonyl (C=O) groups is 1. The Morgan fingerprint density at radius 2 is 2.00 bits per heavy atom. The Labute approximate surface area is 127 Å². The summed E-state index contributed by atoms with van der Waals surface area (Å²) in [4.78, 5) is 29.0. The molecule has 0 aliphatic heterocycles. The molecule has 0 aliphatic carbocycles. The summed E-state index contributed by atoms with van der Waals surface area (Å²) >= 11 is 0. The Morgan fingerprint density at radius 3 is 2.73 bits per heavy atom. The molecule has 0 amide bonds. The number of pyridine rings is 2. The zero-order valence-corrected chi connectivity index (χ0v) is 12.7. The Bertz CT molecular complexity index is 957. The highest BCUT2D eigenvalue weighted by Gasteiger charge is 2.18. The maximum Gasteiger partial charge on any atom is 0.343 e. The predicted molar refractivity (Wildman–Crippen MR) is 85.2 cm³/mol. The number of esters is 1. The first-order valence-electron chi connectivity index (χ1n) is 7.10. The van der Waals surface area contributed by atoms with Crippen molar-refractivity contribution in [1.82, 2.24) is 9.55 Å². The first-order valence-corrected chi connectivity index (χ1v) is 7.10. The van der Waals surface area contributed by atoms with Gasteiger partial charge in [0, 0.05) is 17.8 Å². The van der Waals surface area contributed by atoms with Crippen LogP contribution >= 0.6 is 0 Å². The lowest BCUT2D eigenvalue weighted by molar-refractivity contribution is 0.0524. The third-order valence-corrected chi connectivity index (χ3v) is 3.73. The van der Waals surface area contributed by atoms with Crippen LogP contribution in [0.3, 0.4) is 0 Å². The van der Waals surface area contributed by atoms with Gasteiger partial charge in [0.25, 0.3) is 5.56 Å². The SMILES string of the molecule is CCOC(=O)c1cc2c3ccccc3nc(C)c2n(C)c1=O. The number of rotatable bonds is 2. The van der Waals surface area contributed by atoms with Crippen molar-refractivity contribution >= 4 is 27.8 Å². The molecule has 5 heteroatoms. The van der Waals surface area contributed by atoms with Gasteiger partial charge in [-0.2, -0.15) is 0 Å². The standard InChI is InChI=1S/C17H16N2O3/c1-4-22-17(21)13-9-12-11-7-5-6-8-14(11)18-10(2)15(12)19(3)16(13)20/h5-9H,4H2,1-3H3. The summed E-state index contributed by atoms with van der Waals surface area (Å²) < 4.78 is 6.46. The Kier molecular flexibility index (Phi) is 3.41. The van der Waals surface area contributed by atoms with Gasteiger partial charge >= 0.3 is 5.97 Å². The largest absolute Gasteiger partial charge is 0.462 e. The molecule has 1 aromatic carbocycles. The quantitative estimate of drug-likeness (QED) is 0.538. The molecule has 2 aromatic heterocycles. The van der Waals surface area contributed by atoms with E-state index in [1.165, 1.54) is 4.57 Å². The highest BCUT2D eigenvalue weighted by atomic mass is 16.5. The van der Waals surface area contributed by atoms with E-state index in [1.54, 1.807) is 20.0 Å². The molecule has 3 aromatic rings. The molecule has 0 fully saturated rings. The van der Waals surface area contributed by atoms with Crippen LogP contribution in [0.5, 0.6) is 0 Å². The van der Waals surface area contributed by atoms with Crippen molar-refractivity contribution in [2.24, 2.45) is 7.05 Å². The van der Waals surface area contributed by atoms with Gasteiger partial charge in [0.15, 0.2) is 0 Å². The second kappa shape index (κ2) is 5.26. The van der Waals surface area contributed by atoms with E-state index in [4.69, 9.17) is 4.74 Å². The lowest BCUT2D eigenvalue weighted by atomic mass is 10.1. The van der Waals surface area contributed by atoms with Crippen molar-refractivity contribution in [3.63, 3.8) is 0 Å². The summed E-state index contributed by atoms with van der Waals surface area (Å²) in [6.07, 6.45) is 0. The first-order chi connectivity index (χ1) is 10.5. The van der Waals surface area contributed by atoms with Crippen molar-refractivity contribution in [3.05, 3.63) is 51.9 Å². The number of fused-ring (bicyclic) bond motifs is 3. The van der Waals surface area contributed by atoms with Crippen LogP contribution in [0.2, 0.25) is 0 Å². The summed E-state index contributed by atoms with van der Waals surface area (Å²) in [5.41, 5.74) is 2.00. The van der Waals surface area contributed by atoms with Gasteiger partial charge in [0.1, 0.15) is 5.56 Å². The summed E-state index contributed by atoms with van der Waals surface area (Å²) in [5, 5.41) is 1.73. The van der Waals surface area contributed by atoms with E-state index in [1.807, 2.05) is 31.2 Å². The number of nitrogens with zero attached hydrogens (tertiary/aromatic N) is 2. The Morgan fingerprint density at radius 1 is 1.27 bits per heavy atom. The fourth-order valence-electron chi connectivity index (χ4n) is 2.77. The van der Waals surface area contributed by atoms with Gasteiger partial charge in [-0.1, -0.05) is 18.2 Å². The molecule has 2 heterocycles. The lowest BCUT2D eigenvalue weighted by Gasteiger charge is -2.12. The minimum Gasteiger partial charge on any atom is -0.462 e. The smallest absolute Gasteiger partial charge is 0.343 e. The maximum absolute atomic E-state index is 12.4. The van der Waals surface area contributed by atoms with Crippen LogP contribution in [0.15, 0.2) is 35.1 Å². The van der Waals surface area contributed by atoms with Crippen molar-refractivity contribution in [1.29, 1.82) is 0 Å². The van der Waals surface area contributed by atoms with E-state index < -0.39 is 5.97 Å². The Balaban J connectivity index is 2.48. The summed E-state index contributed by atoms with van der Waals surface area (Å²) in [5.74, 6) is -0.594. The molecule has 0 aliphatic rings. The number of aryl methyl sites for hydroxylation is 2. The number of carbonyl (C=O) groups excluding carboxylic acids is 1. The molecule has 3 rings (SSSR count). The van der Waals surface area contributed by atoms with Crippen molar-refractivity contribution in [2.75, 3.05) is 6.61 Å². The zero-order valence-electron chi connectivity index (χ0n) is 12.7. The number of benzene rings is 1. The van der Waals surface area contributed by atoms with Crippen LogP contribution in [0.25, 0.3) is 21.8 Å². The first kappa shape index (κ1) is 14.3. The molecular formula is C17H16N2O3. The average molecular weight is 296 g/mol. The van der Waals surface area contributed by atoms with Crippen LogP contribution in [0, 0.1) is 6.92 Å². The van der Waals surface area contributed by atoms with Crippen LogP contribution in [0.4, 0.5) is 0 Å². The second-order valence-corrected chi connectivity index (χ2v) is 5.12. The monoisotopic (exact) mass is 296 g/mol. The second-order valence-electron chi connectivity index (χ2n) is 5.12. The maximum atomic E-state index is 12.4. The number of ether oxygens (including phenoxy) is 1. The van der Waals surface area contributed by atoms with E-state index >= 15 is 0 Å². The van der Waals surface area contributed by atoms with Crippen molar-refractivity contribution in [3.8, 4) is 0 Å². The van der Waals surface area contributed by atoms with E-state index in [0.717, 1.165) is 27.5 Å². The summed E-state index contributed by atoms with van der Waals surface area (Å²) in [7, 11) is 1.65. The third kappa shape index (κ3) is 2.06. The molecule has 22 heavy (non-hydrogen) atoms. The molecule has 112 valence electrons. The minimum atomic E-state index is -0.594.